The number of nitrogens with zero attached hydrogens (tertiary/aromatic N) is 3. The van der Waals surface area contributed by atoms with Crippen LogP contribution in [0.3, 0.4) is 0 Å². The first-order chi connectivity index (χ1) is 8.86. The Labute approximate surface area is 129 Å². The van der Waals surface area contributed by atoms with Gasteiger partial charge in [0, 0.05) is 32.6 Å². The Morgan fingerprint density at radius 1 is 1.53 bits per heavy atom. The summed E-state index contributed by atoms with van der Waals surface area (Å²) in [5.41, 5.74) is 7.91. The quantitative estimate of drug-likeness (QED) is 0.771. The minimum absolute atomic E-state index is 0.446. The SMILES string of the molecule is CCc1nn(C)c(CN(CCC(N)=S)C(C)C)c1Br. The van der Waals surface area contributed by atoms with Gasteiger partial charge in [0.1, 0.15) is 0 Å². The van der Waals surface area contributed by atoms with Crippen LogP contribution in [0, 0.1) is 0 Å². The summed E-state index contributed by atoms with van der Waals surface area (Å²) < 4.78 is 3.08. The monoisotopic (exact) mass is 346 g/mol. The summed E-state index contributed by atoms with van der Waals surface area (Å²) in [6.07, 6.45) is 1.69. The standard InChI is InChI=1S/C13H23BrN4S/c1-5-10-13(14)11(17(4)16-10)8-18(9(2)3)7-6-12(15)19/h9H,5-8H2,1-4H3,(H2,15,19). The molecule has 2 N–H and O–H groups in total. The van der Waals surface area contributed by atoms with Crippen molar-refractivity contribution in [3.8, 4) is 0 Å². The predicted octanol–water partition coefficient (Wildman–Crippen LogP) is 2.63. The number of hydrogen-bond donors (Lipinski definition) is 1. The summed E-state index contributed by atoms with van der Waals surface area (Å²) in [4.78, 5) is 2.93. The zero-order valence-corrected chi connectivity index (χ0v) is 14.5. The molecular formula is C13H23BrN4S. The highest BCUT2D eigenvalue weighted by Crippen LogP contribution is 2.23. The number of nitrogens with two attached hydrogens (primary N) is 1. The van der Waals surface area contributed by atoms with Crippen LogP contribution >= 0.6 is 28.1 Å². The number of aryl methyl sites for hydroxylation is 2. The fourth-order valence-corrected chi connectivity index (χ4v) is 2.79. The molecule has 1 heterocycles. The van der Waals surface area contributed by atoms with Gasteiger partial charge in [-0.05, 0) is 36.2 Å². The van der Waals surface area contributed by atoms with Crippen molar-refractivity contribution in [2.45, 2.75) is 46.2 Å². The van der Waals surface area contributed by atoms with Crippen LogP contribution in [0.15, 0.2) is 4.47 Å². The average molecular weight is 347 g/mol. The summed E-state index contributed by atoms with van der Waals surface area (Å²) in [5.74, 6) is 0. The van der Waals surface area contributed by atoms with Gasteiger partial charge in [0.05, 0.1) is 20.8 Å². The fraction of sp³-hybridized carbons (Fsp3) is 0.692. The van der Waals surface area contributed by atoms with Crippen LogP contribution in [0.25, 0.3) is 0 Å². The minimum atomic E-state index is 0.446. The van der Waals surface area contributed by atoms with E-state index in [2.05, 4.69) is 46.7 Å². The average Bonchev–Trinajstić information content (AvgIpc) is 2.60. The molecule has 108 valence electrons. The van der Waals surface area contributed by atoms with Crippen molar-refractivity contribution in [1.29, 1.82) is 0 Å². The van der Waals surface area contributed by atoms with Crippen molar-refractivity contribution in [3.05, 3.63) is 15.9 Å². The number of aromatic nitrogens is 2. The zero-order chi connectivity index (χ0) is 14.6. The Morgan fingerprint density at radius 3 is 2.58 bits per heavy atom. The van der Waals surface area contributed by atoms with Crippen LogP contribution in [0.4, 0.5) is 0 Å². The van der Waals surface area contributed by atoms with Gasteiger partial charge in [-0.15, -0.1) is 0 Å². The van der Waals surface area contributed by atoms with E-state index in [1.54, 1.807) is 0 Å². The lowest BCUT2D eigenvalue weighted by Crippen LogP contribution is -2.34. The number of rotatable bonds is 7. The molecular weight excluding hydrogens is 324 g/mol. The van der Waals surface area contributed by atoms with Crippen molar-refractivity contribution in [2.75, 3.05) is 6.54 Å². The van der Waals surface area contributed by atoms with E-state index in [0.717, 1.165) is 36.1 Å². The largest absolute Gasteiger partial charge is 0.393 e. The van der Waals surface area contributed by atoms with E-state index in [9.17, 15) is 0 Å². The highest BCUT2D eigenvalue weighted by atomic mass is 79.9. The van der Waals surface area contributed by atoms with E-state index in [-0.39, 0.29) is 0 Å². The zero-order valence-electron chi connectivity index (χ0n) is 12.1. The lowest BCUT2D eigenvalue weighted by atomic mass is 10.2. The number of hydrogen-bond acceptors (Lipinski definition) is 3. The third kappa shape index (κ3) is 4.54. The Morgan fingerprint density at radius 2 is 2.16 bits per heavy atom. The Bertz CT molecular complexity index is 442. The van der Waals surface area contributed by atoms with Crippen LogP contribution < -0.4 is 5.73 Å². The maximum Gasteiger partial charge on any atom is 0.0767 e. The molecule has 0 atom stereocenters. The molecule has 0 aliphatic heterocycles. The van der Waals surface area contributed by atoms with Crippen molar-refractivity contribution in [1.82, 2.24) is 14.7 Å². The molecule has 1 aromatic rings. The van der Waals surface area contributed by atoms with E-state index < -0.39 is 0 Å². The summed E-state index contributed by atoms with van der Waals surface area (Å²) in [7, 11) is 1.99. The van der Waals surface area contributed by atoms with Crippen molar-refractivity contribution in [3.63, 3.8) is 0 Å². The van der Waals surface area contributed by atoms with Gasteiger partial charge >= 0.3 is 0 Å². The Balaban J connectivity index is 2.84. The van der Waals surface area contributed by atoms with Crippen molar-refractivity contribution in [2.24, 2.45) is 12.8 Å². The molecule has 0 aliphatic carbocycles. The van der Waals surface area contributed by atoms with Gasteiger partial charge in [-0.25, -0.2) is 0 Å². The molecule has 0 saturated heterocycles. The highest BCUT2D eigenvalue weighted by Gasteiger charge is 2.17. The predicted molar refractivity (Wildman–Crippen MR) is 87.2 cm³/mol. The fourth-order valence-electron chi connectivity index (χ4n) is 1.96. The maximum absolute atomic E-state index is 5.60. The second-order valence-corrected chi connectivity index (χ2v) is 6.28. The van der Waals surface area contributed by atoms with Gasteiger partial charge in [0.25, 0.3) is 0 Å². The minimum Gasteiger partial charge on any atom is -0.393 e. The van der Waals surface area contributed by atoms with Gasteiger partial charge in [-0.3, -0.25) is 9.58 Å². The Kier molecular flexibility index (Phi) is 6.42. The summed E-state index contributed by atoms with van der Waals surface area (Å²) in [5, 5.41) is 4.53. The van der Waals surface area contributed by atoms with E-state index in [4.69, 9.17) is 18.0 Å². The molecule has 0 fully saturated rings. The van der Waals surface area contributed by atoms with Gasteiger partial charge in [0.2, 0.25) is 0 Å². The molecule has 19 heavy (non-hydrogen) atoms. The molecule has 1 aromatic heterocycles. The van der Waals surface area contributed by atoms with Crippen LogP contribution in [-0.2, 0) is 20.0 Å². The second-order valence-electron chi connectivity index (χ2n) is 4.97. The first-order valence-corrected chi connectivity index (χ1v) is 7.79. The third-order valence-corrected chi connectivity index (χ3v) is 4.35. The molecule has 4 nitrogen and oxygen atoms in total. The molecule has 0 saturated carbocycles. The van der Waals surface area contributed by atoms with E-state index >= 15 is 0 Å². The van der Waals surface area contributed by atoms with Crippen LogP contribution in [-0.4, -0.2) is 32.3 Å². The van der Waals surface area contributed by atoms with Gasteiger partial charge in [-0.1, -0.05) is 19.1 Å². The van der Waals surface area contributed by atoms with Gasteiger partial charge < -0.3 is 5.73 Å². The lowest BCUT2D eigenvalue weighted by molar-refractivity contribution is 0.213. The van der Waals surface area contributed by atoms with Crippen molar-refractivity contribution >= 4 is 33.1 Å². The topological polar surface area (TPSA) is 47.1 Å². The van der Waals surface area contributed by atoms with Crippen LogP contribution in [0.2, 0.25) is 0 Å². The number of halogens is 1. The van der Waals surface area contributed by atoms with E-state index in [1.807, 2.05) is 11.7 Å². The summed E-state index contributed by atoms with van der Waals surface area (Å²) >= 11 is 8.62. The summed E-state index contributed by atoms with van der Waals surface area (Å²) in [6.45, 7) is 8.22. The van der Waals surface area contributed by atoms with Gasteiger partial charge in [0.15, 0.2) is 0 Å². The first-order valence-electron chi connectivity index (χ1n) is 6.59. The lowest BCUT2D eigenvalue weighted by Gasteiger charge is -2.26. The highest BCUT2D eigenvalue weighted by molar-refractivity contribution is 9.10. The number of thiocarbonyl (C=S) groups is 1. The normalized spacial score (nSPS) is 11.5. The summed E-state index contributed by atoms with van der Waals surface area (Å²) in [6, 6.07) is 0.446. The van der Waals surface area contributed by atoms with Crippen molar-refractivity contribution < 1.29 is 0 Å². The molecule has 1 rings (SSSR count). The van der Waals surface area contributed by atoms with E-state index in [0.29, 0.717) is 11.0 Å². The Hall–Kier alpha value is -0.460. The molecule has 0 aromatic carbocycles. The molecule has 0 amide bonds. The van der Waals surface area contributed by atoms with Gasteiger partial charge in [-0.2, -0.15) is 5.10 Å². The molecule has 0 bridgehead atoms. The third-order valence-electron chi connectivity index (χ3n) is 3.23. The molecule has 0 radical (unpaired) electrons. The smallest absolute Gasteiger partial charge is 0.0767 e. The second kappa shape index (κ2) is 7.36. The first kappa shape index (κ1) is 16.6. The van der Waals surface area contributed by atoms with E-state index in [1.165, 1.54) is 5.69 Å². The molecule has 0 spiro atoms. The maximum atomic E-state index is 5.60. The van der Waals surface area contributed by atoms with Crippen LogP contribution in [0.1, 0.15) is 38.6 Å². The molecule has 6 heteroatoms. The molecule has 0 aliphatic rings. The van der Waals surface area contributed by atoms with Crippen LogP contribution in [0.5, 0.6) is 0 Å². The molecule has 0 unspecified atom stereocenters.